The average molecular weight is 369 g/mol. The number of carbonyl (C=O) groups is 1. The van der Waals surface area contributed by atoms with Gasteiger partial charge in [-0.3, -0.25) is 4.79 Å². The standard InChI is InChI=1S/C17H28N4O3S/c1-14(2)18-16(22)17(19-15-8-6-5-7-9-15)10-12-21(13-11-17)25(23,24)20(3)4/h5-9,14,19H,10-13H2,1-4H3,(H,18,22). The van der Waals surface area contributed by atoms with Crippen LogP contribution in [0.15, 0.2) is 30.3 Å². The van der Waals surface area contributed by atoms with Gasteiger partial charge in [0.15, 0.2) is 0 Å². The summed E-state index contributed by atoms with van der Waals surface area (Å²) in [5.41, 5.74) is 0.0366. The van der Waals surface area contributed by atoms with Crippen LogP contribution in [0.25, 0.3) is 0 Å². The van der Waals surface area contributed by atoms with E-state index in [1.54, 1.807) is 0 Å². The predicted molar refractivity (Wildman–Crippen MR) is 99.5 cm³/mol. The van der Waals surface area contributed by atoms with Crippen LogP contribution in [-0.2, 0) is 15.0 Å². The maximum atomic E-state index is 12.9. The van der Waals surface area contributed by atoms with E-state index in [-0.39, 0.29) is 11.9 Å². The van der Waals surface area contributed by atoms with Crippen molar-refractivity contribution in [2.24, 2.45) is 0 Å². The Kier molecular flexibility index (Phi) is 6.08. The molecule has 0 unspecified atom stereocenters. The SMILES string of the molecule is CC(C)NC(=O)C1(Nc2ccccc2)CCN(S(=O)(=O)N(C)C)CC1. The zero-order valence-corrected chi connectivity index (χ0v) is 16.1. The summed E-state index contributed by atoms with van der Waals surface area (Å²) in [5, 5.41) is 6.32. The van der Waals surface area contributed by atoms with Crippen LogP contribution in [0.3, 0.4) is 0 Å². The maximum Gasteiger partial charge on any atom is 0.281 e. The van der Waals surface area contributed by atoms with E-state index >= 15 is 0 Å². The van der Waals surface area contributed by atoms with Crippen molar-refractivity contribution < 1.29 is 13.2 Å². The third-order valence-electron chi connectivity index (χ3n) is 4.38. The number of carbonyl (C=O) groups excluding carboxylic acids is 1. The largest absolute Gasteiger partial charge is 0.371 e. The van der Waals surface area contributed by atoms with Gasteiger partial charge in [0, 0.05) is 38.9 Å². The Balaban J connectivity index is 2.22. The molecule has 1 saturated heterocycles. The number of nitrogens with one attached hydrogen (secondary N) is 2. The third kappa shape index (κ3) is 4.50. The van der Waals surface area contributed by atoms with Gasteiger partial charge in [-0.05, 0) is 38.8 Å². The van der Waals surface area contributed by atoms with Crippen molar-refractivity contribution in [2.45, 2.75) is 38.3 Å². The average Bonchev–Trinajstić information content (AvgIpc) is 2.55. The first-order valence-corrected chi connectivity index (χ1v) is 9.89. The van der Waals surface area contributed by atoms with Gasteiger partial charge in [0.25, 0.3) is 10.2 Å². The van der Waals surface area contributed by atoms with E-state index in [0.29, 0.717) is 25.9 Å². The van der Waals surface area contributed by atoms with Crippen molar-refractivity contribution in [3.05, 3.63) is 30.3 Å². The molecule has 1 amide bonds. The molecule has 0 spiro atoms. The van der Waals surface area contributed by atoms with Crippen LogP contribution in [0.2, 0.25) is 0 Å². The molecule has 0 atom stereocenters. The zero-order chi connectivity index (χ0) is 18.7. The first-order valence-electron chi connectivity index (χ1n) is 8.49. The first kappa shape index (κ1) is 19.7. The van der Waals surface area contributed by atoms with Gasteiger partial charge in [-0.1, -0.05) is 18.2 Å². The van der Waals surface area contributed by atoms with Crippen LogP contribution in [-0.4, -0.2) is 61.7 Å². The topological polar surface area (TPSA) is 81.8 Å². The lowest BCUT2D eigenvalue weighted by atomic mass is 9.86. The Morgan fingerprint density at radius 1 is 1.16 bits per heavy atom. The van der Waals surface area contributed by atoms with E-state index in [0.717, 1.165) is 5.69 Å². The number of hydrogen-bond acceptors (Lipinski definition) is 4. The van der Waals surface area contributed by atoms with Crippen molar-refractivity contribution in [2.75, 3.05) is 32.5 Å². The number of hydrogen-bond donors (Lipinski definition) is 2. The molecule has 1 aromatic carbocycles. The van der Waals surface area contributed by atoms with Gasteiger partial charge in [0.05, 0.1) is 0 Å². The van der Waals surface area contributed by atoms with Gasteiger partial charge in [-0.2, -0.15) is 17.0 Å². The number of rotatable bonds is 6. The van der Waals surface area contributed by atoms with E-state index in [1.807, 2.05) is 44.2 Å². The molecule has 1 aromatic rings. The highest BCUT2D eigenvalue weighted by Crippen LogP contribution is 2.29. The van der Waals surface area contributed by atoms with Crippen molar-refractivity contribution in [3.8, 4) is 0 Å². The molecule has 0 bridgehead atoms. The normalized spacial score (nSPS) is 18.3. The van der Waals surface area contributed by atoms with E-state index in [4.69, 9.17) is 0 Å². The molecule has 0 aromatic heterocycles. The molecular formula is C17H28N4O3S. The second-order valence-corrected chi connectivity index (χ2v) is 9.03. The molecule has 7 nitrogen and oxygen atoms in total. The molecule has 1 aliphatic heterocycles. The summed E-state index contributed by atoms with van der Waals surface area (Å²) in [4.78, 5) is 12.9. The van der Waals surface area contributed by atoms with Gasteiger partial charge >= 0.3 is 0 Å². The van der Waals surface area contributed by atoms with E-state index in [1.165, 1.54) is 22.7 Å². The van der Waals surface area contributed by atoms with E-state index < -0.39 is 15.7 Å². The molecule has 0 aliphatic carbocycles. The predicted octanol–water partition coefficient (Wildman–Crippen LogP) is 1.26. The van der Waals surface area contributed by atoms with Crippen molar-refractivity contribution in [3.63, 3.8) is 0 Å². The van der Waals surface area contributed by atoms with Crippen LogP contribution >= 0.6 is 0 Å². The minimum Gasteiger partial charge on any atom is -0.371 e. The summed E-state index contributed by atoms with van der Waals surface area (Å²) in [5.74, 6) is -0.0896. The van der Waals surface area contributed by atoms with Crippen LogP contribution in [0, 0.1) is 0 Å². The summed E-state index contributed by atoms with van der Waals surface area (Å²) in [6, 6.07) is 9.56. The number of anilines is 1. The molecule has 8 heteroatoms. The van der Waals surface area contributed by atoms with Crippen LogP contribution in [0.5, 0.6) is 0 Å². The van der Waals surface area contributed by atoms with E-state index in [9.17, 15) is 13.2 Å². The van der Waals surface area contributed by atoms with Gasteiger partial charge in [0.2, 0.25) is 5.91 Å². The lowest BCUT2D eigenvalue weighted by Crippen LogP contribution is -2.60. The van der Waals surface area contributed by atoms with Gasteiger partial charge in [-0.15, -0.1) is 0 Å². The number of amides is 1. The molecule has 2 N–H and O–H groups in total. The third-order valence-corrected chi connectivity index (χ3v) is 6.32. The molecular weight excluding hydrogens is 340 g/mol. The first-order chi connectivity index (χ1) is 11.7. The number of benzene rings is 1. The molecule has 140 valence electrons. The highest BCUT2D eigenvalue weighted by molar-refractivity contribution is 7.86. The molecule has 1 aliphatic rings. The monoisotopic (exact) mass is 368 g/mol. The Morgan fingerprint density at radius 2 is 1.72 bits per heavy atom. The fourth-order valence-electron chi connectivity index (χ4n) is 2.94. The van der Waals surface area contributed by atoms with Gasteiger partial charge in [0.1, 0.15) is 5.54 Å². The van der Waals surface area contributed by atoms with Crippen LogP contribution < -0.4 is 10.6 Å². The highest BCUT2D eigenvalue weighted by Gasteiger charge is 2.44. The number of piperidine rings is 1. The van der Waals surface area contributed by atoms with Gasteiger partial charge < -0.3 is 10.6 Å². The summed E-state index contributed by atoms with van der Waals surface area (Å²) in [6.07, 6.45) is 0.820. The van der Waals surface area contributed by atoms with Crippen LogP contribution in [0.1, 0.15) is 26.7 Å². The Morgan fingerprint density at radius 3 is 2.20 bits per heavy atom. The van der Waals surface area contributed by atoms with Crippen molar-refractivity contribution in [1.29, 1.82) is 0 Å². The molecule has 25 heavy (non-hydrogen) atoms. The number of nitrogens with zero attached hydrogens (tertiary/aromatic N) is 2. The van der Waals surface area contributed by atoms with E-state index in [2.05, 4.69) is 10.6 Å². The van der Waals surface area contributed by atoms with Gasteiger partial charge in [-0.25, -0.2) is 0 Å². The summed E-state index contributed by atoms with van der Waals surface area (Å²) < 4.78 is 27.3. The maximum absolute atomic E-state index is 12.9. The highest BCUT2D eigenvalue weighted by atomic mass is 32.2. The quantitative estimate of drug-likeness (QED) is 0.792. The molecule has 2 rings (SSSR count). The molecule has 0 radical (unpaired) electrons. The second-order valence-electron chi connectivity index (χ2n) is 6.89. The minimum absolute atomic E-state index is 0.0190. The fraction of sp³-hybridized carbons (Fsp3) is 0.588. The zero-order valence-electron chi connectivity index (χ0n) is 15.3. The number of para-hydroxylation sites is 1. The lowest BCUT2D eigenvalue weighted by molar-refractivity contribution is -0.127. The Labute approximate surface area is 150 Å². The fourth-order valence-corrected chi connectivity index (χ4v) is 4.04. The summed E-state index contributed by atoms with van der Waals surface area (Å²) >= 11 is 0. The Bertz CT molecular complexity index is 681. The summed E-state index contributed by atoms with van der Waals surface area (Å²) in [7, 11) is -0.427. The van der Waals surface area contributed by atoms with Crippen molar-refractivity contribution in [1.82, 2.24) is 13.9 Å². The van der Waals surface area contributed by atoms with Crippen LogP contribution in [0.4, 0.5) is 5.69 Å². The van der Waals surface area contributed by atoms with Crippen molar-refractivity contribution >= 4 is 21.8 Å². The minimum atomic E-state index is -3.46. The molecule has 1 heterocycles. The second kappa shape index (κ2) is 7.72. The lowest BCUT2D eigenvalue weighted by Gasteiger charge is -2.42. The summed E-state index contributed by atoms with van der Waals surface area (Å²) in [6.45, 7) is 4.43. The molecule has 1 fully saturated rings. The smallest absolute Gasteiger partial charge is 0.281 e. The molecule has 0 saturated carbocycles. The Hall–Kier alpha value is -1.64.